The Morgan fingerprint density at radius 1 is 1.37 bits per heavy atom. The molecule has 0 fully saturated rings. The van der Waals surface area contributed by atoms with Crippen molar-refractivity contribution >= 4 is 29.4 Å². The maximum Gasteiger partial charge on any atom is 0.326 e. The number of carbonyl (C=O) groups is 3. The number of carbonyl (C=O) groups excluding carboxylic acids is 2. The fourth-order valence-electron chi connectivity index (χ4n) is 1.29. The number of phenols is 1. The van der Waals surface area contributed by atoms with Crippen LogP contribution in [-0.4, -0.2) is 34.0 Å². The second-order valence-electron chi connectivity index (χ2n) is 3.70. The van der Waals surface area contributed by atoms with Gasteiger partial charge in [-0.05, 0) is 18.2 Å². The van der Waals surface area contributed by atoms with Crippen molar-refractivity contribution in [1.82, 2.24) is 5.32 Å². The fourth-order valence-corrected chi connectivity index (χ4v) is 1.47. The number of amides is 2. The Hall–Kier alpha value is -2.28. The minimum absolute atomic E-state index is 0.0468. The molecule has 0 aliphatic heterocycles. The first kappa shape index (κ1) is 14.8. The lowest BCUT2D eigenvalue weighted by Gasteiger charge is -2.13. The molecule has 0 unspecified atom stereocenters. The minimum atomic E-state index is -1.42. The van der Waals surface area contributed by atoms with Crippen LogP contribution in [0.2, 0.25) is 5.02 Å². The molecule has 0 radical (unpaired) electrons. The third-order valence-corrected chi connectivity index (χ3v) is 2.52. The summed E-state index contributed by atoms with van der Waals surface area (Å²) in [6, 6.07) is 2.22. The summed E-state index contributed by atoms with van der Waals surface area (Å²) < 4.78 is 0. The van der Waals surface area contributed by atoms with Gasteiger partial charge in [0.25, 0.3) is 5.91 Å². The number of primary amides is 1. The van der Waals surface area contributed by atoms with Crippen LogP contribution in [0.3, 0.4) is 0 Å². The molecule has 0 aliphatic carbocycles. The van der Waals surface area contributed by atoms with Crippen LogP contribution in [0.15, 0.2) is 18.2 Å². The van der Waals surface area contributed by atoms with Crippen molar-refractivity contribution in [3.63, 3.8) is 0 Å². The number of hydrogen-bond acceptors (Lipinski definition) is 4. The predicted molar refractivity (Wildman–Crippen MR) is 65.8 cm³/mol. The van der Waals surface area contributed by atoms with E-state index >= 15 is 0 Å². The first-order chi connectivity index (χ1) is 8.81. The van der Waals surface area contributed by atoms with E-state index in [2.05, 4.69) is 5.32 Å². The number of nitrogens with two attached hydrogens (primary N) is 1. The number of benzene rings is 1. The van der Waals surface area contributed by atoms with Gasteiger partial charge in [-0.15, -0.1) is 0 Å². The number of rotatable bonds is 5. The molecule has 0 aliphatic rings. The Balaban J connectivity index is 2.84. The van der Waals surface area contributed by atoms with Crippen LogP contribution in [0.4, 0.5) is 0 Å². The van der Waals surface area contributed by atoms with Gasteiger partial charge >= 0.3 is 5.97 Å². The van der Waals surface area contributed by atoms with Crippen molar-refractivity contribution in [2.24, 2.45) is 5.73 Å². The quantitative estimate of drug-likeness (QED) is 0.610. The minimum Gasteiger partial charge on any atom is -0.506 e. The van der Waals surface area contributed by atoms with Gasteiger partial charge < -0.3 is 21.3 Å². The smallest absolute Gasteiger partial charge is 0.326 e. The molecular formula is C11H11ClN2O5. The summed E-state index contributed by atoms with van der Waals surface area (Å²) in [4.78, 5) is 33.3. The van der Waals surface area contributed by atoms with Gasteiger partial charge in [-0.3, -0.25) is 9.59 Å². The van der Waals surface area contributed by atoms with Crippen LogP contribution in [0, 0.1) is 0 Å². The molecule has 0 bridgehead atoms. The summed E-state index contributed by atoms with van der Waals surface area (Å²) in [5, 5.41) is 20.1. The number of phenolic OH excluding ortho intramolecular Hbond substituents is 1. The number of halogens is 1. The van der Waals surface area contributed by atoms with Crippen molar-refractivity contribution in [1.29, 1.82) is 0 Å². The zero-order chi connectivity index (χ0) is 14.6. The van der Waals surface area contributed by atoms with Gasteiger partial charge in [0.1, 0.15) is 11.8 Å². The molecule has 0 heterocycles. The third-order valence-electron chi connectivity index (χ3n) is 2.22. The van der Waals surface area contributed by atoms with Gasteiger partial charge in [0, 0.05) is 5.56 Å². The van der Waals surface area contributed by atoms with Crippen LogP contribution in [0.1, 0.15) is 16.8 Å². The zero-order valence-corrected chi connectivity index (χ0v) is 10.3. The molecule has 19 heavy (non-hydrogen) atoms. The molecule has 1 aromatic carbocycles. The molecule has 0 saturated carbocycles. The van der Waals surface area contributed by atoms with E-state index < -0.39 is 30.2 Å². The van der Waals surface area contributed by atoms with Gasteiger partial charge in [-0.2, -0.15) is 0 Å². The fraction of sp³-hybridized carbons (Fsp3) is 0.182. The molecule has 0 spiro atoms. The van der Waals surface area contributed by atoms with Gasteiger partial charge in [0.05, 0.1) is 11.4 Å². The highest BCUT2D eigenvalue weighted by Crippen LogP contribution is 2.23. The molecule has 0 aromatic heterocycles. The number of aromatic hydroxyl groups is 1. The topological polar surface area (TPSA) is 130 Å². The highest BCUT2D eigenvalue weighted by Gasteiger charge is 2.22. The average Bonchev–Trinajstić information content (AvgIpc) is 2.31. The van der Waals surface area contributed by atoms with E-state index in [4.69, 9.17) is 22.4 Å². The Kier molecular flexibility index (Phi) is 4.71. The van der Waals surface area contributed by atoms with Crippen molar-refractivity contribution in [3.8, 4) is 5.75 Å². The summed E-state index contributed by atoms with van der Waals surface area (Å²) in [6.07, 6.45) is -0.521. The van der Waals surface area contributed by atoms with Crippen LogP contribution in [0.25, 0.3) is 0 Å². The number of carboxylic acid groups (broad SMARTS) is 1. The van der Waals surface area contributed by atoms with E-state index in [0.29, 0.717) is 0 Å². The lowest BCUT2D eigenvalue weighted by atomic mass is 10.1. The first-order valence-corrected chi connectivity index (χ1v) is 5.49. The van der Waals surface area contributed by atoms with E-state index in [1.165, 1.54) is 18.2 Å². The van der Waals surface area contributed by atoms with E-state index in [1.54, 1.807) is 0 Å². The third kappa shape index (κ3) is 4.14. The molecule has 7 nitrogen and oxygen atoms in total. The van der Waals surface area contributed by atoms with E-state index in [9.17, 15) is 19.5 Å². The number of hydrogen-bond donors (Lipinski definition) is 4. The zero-order valence-electron chi connectivity index (χ0n) is 9.59. The van der Waals surface area contributed by atoms with Crippen LogP contribution in [0.5, 0.6) is 5.75 Å². The lowest BCUT2D eigenvalue weighted by Crippen LogP contribution is -2.43. The molecular weight excluding hydrogens is 276 g/mol. The Morgan fingerprint density at radius 3 is 2.47 bits per heavy atom. The summed E-state index contributed by atoms with van der Waals surface area (Å²) in [7, 11) is 0. The second kappa shape index (κ2) is 6.05. The molecule has 2 amide bonds. The van der Waals surface area contributed by atoms with Crippen LogP contribution >= 0.6 is 11.6 Å². The van der Waals surface area contributed by atoms with Crippen molar-refractivity contribution in [2.75, 3.05) is 0 Å². The van der Waals surface area contributed by atoms with Crippen LogP contribution in [-0.2, 0) is 9.59 Å². The van der Waals surface area contributed by atoms with E-state index in [0.717, 1.165) is 0 Å². The van der Waals surface area contributed by atoms with Crippen LogP contribution < -0.4 is 11.1 Å². The second-order valence-corrected chi connectivity index (χ2v) is 4.11. The summed E-state index contributed by atoms with van der Waals surface area (Å²) in [5.41, 5.74) is 4.94. The van der Waals surface area contributed by atoms with E-state index in [1.807, 2.05) is 0 Å². The molecule has 1 atom stereocenters. The largest absolute Gasteiger partial charge is 0.506 e. The summed E-state index contributed by atoms with van der Waals surface area (Å²) in [5.74, 6) is -3.17. The Labute approximate surface area is 113 Å². The number of aliphatic carboxylic acids is 1. The van der Waals surface area contributed by atoms with Crippen molar-refractivity contribution in [3.05, 3.63) is 28.8 Å². The molecule has 1 rings (SSSR count). The predicted octanol–water partition coefficient (Wildman–Crippen LogP) is 0.104. The highest BCUT2D eigenvalue weighted by atomic mass is 35.5. The van der Waals surface area contributed by atoms with Gasteiger partial charge in [-0.25, -0.2) is 4.79 Å². The number of carboxylic acids is 1. The normalized spacial score (nSPS) is 11.6. The van der Waals surface area contributed by atoms with Gasteiger partial charge in [0.2, 0.25) is 5.91 Å². The maximum atomic E-state index is 11.7. The Bertz CT molecular complexity index is 532. The molecule has 102 valence electrons. The average molecular weight is 287 g/mol. The highest BCUT2D eigenvalue weighted by molar-refractivity contribution is 6.32. The van der Waals surface area contributed by atoms with Crippen molar-refractivity contribution in [2.45, 2.75) is 12.5 Å². The summed E-state index contributed by atoms with van der Waals surface area (Å²) in [6.45, 7) is 0. The summed E-state index contributed by atoms with van der Waals surface area (Å²) >= 11 is 5.62. The SMILES string of the molecule is NC(=O)C[C@H](NC(=O)c1ccc(O)c(Cl)c1)C(=O)O. The monoisotopic (exact) mass is 286 g/mol. The number of nitrogens with one attached hydrogen (secondary N) is 1. The van der Waals surface area contributed by atoms with E-state index in [-0.39, 0.29) is 16.3 Å². The van der Waals surface area contributed by atoms with Gasteiger partial charge in [-0.1, -0.05) is 11.6 Å². The Morgan fingerprint density at radius 2 is 2.00 bits per heavy atom. The molecule has 5 N–H and O–H groups in total. The maximum absolute atomic E-state index is 11.7. The lowest BCUT2D eigenvalue weighted by molar-refractivity contribution is -0.140. The standard InChI is InChI=1S/C11H11ClN2O5/c12-6-3-5(1-2-8(6)15)10(17)14-7(11(18)19)4-9(13)16/h1-3,7,15H,4H2,(H2,13,16)(H,14,17)(H,18,19)/t7-/m0/s1. The van der Waals surface area contributed by atoms with Crippen molar-refractivity contribution < 1.29 is 24.6 Å². The molecule has 8 heteroatoms. The molecule has 1 aromatic rings. The molecule has 0 saturated heterocycles. The first-order valence-electron chi connectivity index (χ1n) is 5.11. The van der Waals surface area contributed by atoms with Gasteiger partial charge in [0.15, 0.2) is 0 Å².